The summed E-state index contributed by atoms with van der Waals surface area (Å²) in [6.07, 6.45) is 7.83. The van der Waals surface area contributed by atoms with Crippen LogP contribution in [0.3, 0.4) is 0 Å². The molecule has 2 N–H and O–H groups in total. The van der Waals surface area contributed by atoms with Gasteiger partial charge in [0.15, 0.2) is 0 Å². The number of nitrogens with two attached hydrogens (primary N) is 1. The largest absolute Gasteiger partial charge is 0.366 e. The molecule has 0 unspecified atom stereocenters. The number of fused-ring (bicyclic) bond motifs is 1. The van der Waals surface area contributed by atoms with E-state index in [1.807, 2.05) is 24.3 Å². The summed E-state index contributed by atoms with van der Waals surface area (Å²) in [7, 11) is 0. The normalized spacial score (nSPS) is 20.8. The summed E-state index contributed by atoms with van der Waals surface area (Å²) in [5, 5.41) is 1.23. The minimum Gasteiger partial charge on any atom is -0.366 e. The second-order valence-corrected chi connectivity index (χ2v) is 8.04. The van der Waals surface area contributed by atoms with Crippen LogP contribution in [0.25, 0.3) is 10.9 Å². The number of benzene rings is 2. The Bertz CT molecular complexity index is 973. The lowest BCUT2D eigenvalue weighted by Crippen LogP contribution is -2.23. The molecule has 3 nitrogen and oxygen atoms in total. The first-order valence-corrected chi connectivity index (χ1v) is 10.4. The van der Waals surface area contributed by atoms with Crippen LogP contribution >= 0.6 is 0 Å². The molecule has 3 heteroatoms. The van der Waals surface area contributed by atoms with Crippen molar-refractivity contribution in [3.05, 3.63) is 77.5 Å². The average molecular weight is 373 g/mol. The van der Waals surface area contributed by atoms with E-state index < -0.39 is 0 Å². The molecule has 1 aliphatic rings. The van der Waals surface area contributed by atoms with Gasteiger partial charge in [0.2, 0.25) is 5.91 Å². The molecule has 0 bridgehead atoms. The maximum Gasteiger partial charge on any atom is 0.248 e. The standard InChI is InChI=1S/C25H28N2O/c1-2-21(22-8-4-5-9-23(22)25(26)28)18-13-11-17(12-14-18)20-15-19-7-3-6-10-24(19)27-16-20/h3-10,15-18,21H,2,11-14H2,1H3,(H2,26,28)/t17?,18?,21-/m1/s1. The number of amides is 1. The van der Waals surface area contributed by atoms with Gasteiger partial charge in [-0.25, -0.2) is 0 Å². The molecule has 28 heavy (non-hydrogen) atoms. The van der Waals surface area contributed by atoms with Crippen molar-refractivity contribution < 1.29 is 4.79 Å². The Kier molecular flexibility index (Phi) is 5.43. The third-order valence-corrected chi connectivity index (χ3v) is 6.49. The Balaban J connectivity index is 1.50. The molecule has 144 valence electrons. The number of hydrogen-bond acceptors (Lipinski definition) is 2. The number of aromatic nitrogens is 1. The molecule has 1 fully saturated rings. The molecule has 4 rings (SSSR count). The van der Waals surface area contributed by atoms with Crippen molar-refractivity contribution in [1.82, 2.24) is 4.98 Å². The van der Waals surface area contributed by atoms with Crippen LogP contribution in [-0.4, -0.2) is 10.9 Å². The Morgan fingerprint density at radius 3 is 2.54 bits per heavy atom. The van der Waals surface area contributed by atoms with Gasteiger partial charge in [-0.1, -0.05) is 43.3 Å². The van der Waals surface area contributed by atoms with Gasteiger partial charge in [-0.15, -0.1) is 0 Å². The second-order valence-electron chi connectivity index (χ2n) is 8.04. The lowest BCUT2D eigenvalue weighted by molar-refractivity contribution is 0.0998. The van der Waals surface area contributed by atoms with Gasteiger partial charge in [0.25, 0.3) is 0 Å². The minimum absolute atomic E-state index is 0.315. The van der Waals surface area contributed by atoms with Crippen LogP contribution in [0.4, 0.5) is 0 Å². The van der Waals surface area contributed by atoms with Crippen LogP contribution < -0.4 is 5.73 Å². The molecule has 0 spiro atoms. The Morgan fingerprint density at radius 2 is 1.79 bits per heavy atom. The topological polar surface area (TPSA) is 56.0 Å². The van der Waals surface area contributed by atoms with Crippen LogP contribution in [0, 0.1) is 5.92 Å². The highest BCUT2D eigenvalue weighted by atomic mass is 16.1. The van der Waals surface area contributed by atoms with Crippen molar-refractivity contribution in [2.24, 2.45) is 11.7 Å². The third kappa shape index (κ3) is 3.66. The van der Waals surface area contributed by atoms with Gasteiger partial charge in [0, 0.05) is 17.1 Å². The number of rotatable bonds is 5. The lowest BCUT2D eigenvalue weighted by atomic mass is 9.70. The van der Waals surface area contributed by atoms with Crippen molar-refractivity contribution in [2.75, 3.05) is 0 Å². The Labute approximate surface area is 167 Å². The molecule has 1 aliphatic carbocycles. The van der Waals surface area contributed by atoms with E-state index in [2.05, 4.69) is 48.4 Å². The summed E-state index contributed by atoms with van der Waals surface area (Å²) in [5.74, 6) is 1.27. The number of hydrogen-bond donors (Lipinski definition) is 1. The monoisotopic (exact) mass is 372 g/mol. The van der Waals surface area contributed by atoms with E-state index in [0.717, 1.165) is 17.5 Å². The van der Waals surface area contributed by atoms with E-state index in [0.29, 0.717) is 23.3 Å². The van der Waals surface area contributed by atoms with Crippen molar-refractivity contribution in [2.45, 2.75) is 50.9 Å². The quantitative estimate of drug-likeness (QED) is 0.615. The summed E-state index contributed by atoms with van der Waals surface area (Å²) < 4.78 is 0. The summed E-state index contributed by atoms with van der Waals surface area (Å²) in [5.41, 5.74) is 9.88. The molecule has 1 amide bonds. The fraction of sp³-hybridized carbons (Fsp3) is 0.360. The molecular formula is C25H28N2O. The molecule has 0 aliphatic heterocycles. The molecule has 1 saturated carbocycles. The highest BCUT2D eigenvalue weighted by Gasteiger charge is 2.30. The average Bonchev–Trinajstić information content (AvgIpc) is 2.75. The Morgan fingerprint density at radius 1 is 1.07 bits per heavy atom. The number of primary amides is 1. The molecule has 1 atom stereocenters. The zero-order chi connectivity index (χ0) is 19.5. The summed E-state index contributed by atoms with van der Waals surface area (Å²) in [6.45, 7) is 2.22. The van der Waals surface area contributed by atoms with Gasteiger partial charge in [-0.3, -0.25) is 9.78 Å². The first-order chi connectivity index (χ1) is 13.7. The first kappa shape index (κ1) is 18.7. The second kappa shape index (κ2) is 8.14. The van der Waals surface area contributed by atoms with Crippen molar-refractivity contribution >= 4 is 16.8 Å². The van der Waals surface area contributed by atoms with Gasteiger partial charge >= 0.3 is 0 Å². The van der Waals surface area contributed by atoms with E-state index in [-0.39, 0.29) is 5.91 Å². The van der Waals surface area contributed by atoms with Crippen LogP contribution in [-0.2, 0) is 0 Å². The van der Waals surface area contributed by atoms with Crippen molar-refractivity contribution in [3.63, 3.8) is 0 Å². The highest BCUT2D eigenvalue weighted by molar-refractivity contribution is 5.94. The SMILES string of the molecule is CC[C@@H](c1ccccc1C(N)=O)C1CCC(c2cnc3ccccc3c2)CC1. The zero-order valence-electron chi connectivity index (χ0n) is 16.5. The van der Waals surface area contributed by atoms with Crippen LogP contribution in [0.5, 0.6) is 0 Å². The van der Waals surface area contributed by atoms with Crippen LogP contribution in [0.2, 0.25) is 0 Å². The number of nitrogens with zero attached hydrogens (tertiary/aromatic N) is 1. The molecule has 0 radical (unpaired) electrons. The highest BCUT2D eigenvalue weighted by Crippen LogP contribution is 2.44. The van der Waals surface area contributed by atoms with E-state index in [9.17, 15) is 4.79 Å². The molecule has 1 aromatic heterocycles. The number of carbonyl (C=O) groups is 1. The fourth-order valence-electron chi connectivity index (χ4n) is 5.02. The van der Waals surface area contributed by atoms with Crippen LogP contribution in [0.15, 0.2) is 60.8 Å². The number of para-hydroxylation sites is 1. The first-order valence-electron chi connectivity index (χ1n) is 10.4. The molecule has 3 aromatic rings. The van der Waals surface area contributed by atoms with Gasteiger partial charge in [-0.05, 0) is 79.2 Å². The van der Waals surface area contributed by atoms with Gasteiger partial charge < -0.3 is 5.73 Å². The van der Waals surface area contributed by atoms with Gasteiger partial charge in [0.1, 0.15) is 0 Å². The number of carbonyl (C=O) groups excluding carboxylic acids is 1. The van der Waals surface area contributed by atoms with Crippen molar-refractivity contribution in [1.29, 1.82) is 0 Å². The Hall–Kier alpha value is -2.68. The third-order valence-electron chi connectivity index (χ3n) is 6.49. The molecule has 1 heterocycles. The molecular weight excluding hydrogens is 344 g/mol. The predicted octanol–water partition coefficient (Wildman–Crippen LogP) is 5.80. The summed E-state index contributed by atoms with van der Waals surface area (Å²) >= 11 is 0. The maximum absolute atomic E-state index is 11.9. The van der Waals surface area contributed by atoms with Crippen LogP contribution in [0.1, 0.15) is 72.3 Å². The summed E-state index contributed by atoms with van der Waals surface area (Å²) in [6, 6.07) is 18.5. The van der Waals surface area contributed by atoms with Gasteiger partial charge in [0.05, 0.1) is 5.52 Å². The van der Waals surface area contributed by atoms with E-state index in [1.165, 1.54) is 36.6 Å². The van der Waals surface area contributed by atoms with Gasteiger partial charge in [-0.2, -0.15) is 0 Å². The maximum atomic E-state index is 11.9. The number of pyridine rings is 1. The molecule has 0 saturated heterocycles. The summed E-state index contributed by atoms with van der Waals surface area (Å²) in [4.78, 5) is 16.5. The minimum atomic E-state index is -0.315. The predicted molar refractivity (Wildman–Crippen MR) is 114 cm³/mol. The van der Waals surface area contributed by atoms with E-state index in [1.54, 1.807) is 0 Å². The van der Waals surface area contributed by atoms with Crippen molar-refractivity contribution in [3.8, 4) is 0 Å². The van der Waals surface area contributed by atoms with E-state index >= 15 is 0 Å². The lowest BCUT2D eigenvalue weighted by Gasteiger charge is -2.34. The smallest absolute Gasteiger partial charge is 0.248 e. The van der Waals surface area contributed by atoms with E-state index in [4.69, 9.17) is 5.73 Å². The zero-order valence-corrected chi connectivity index (χ0v) is 16.5. The molecule has 2 aromatic carbocycles. The fourth-order valence-corrected chi connectivity index (χ4v) is 5.02.